The molecule has 0 saturated heterocycles. The summed E-state index contributed by atoms with van der Waals surface area (Å²) < 4.78 is 4.96. The van der Waals surface area contributed by atoms with E-state index in [0.717, 1.165) is 6.07 Å². The van der Waals surface area contributed by atoms with Gasteiger partial charge in [0.25, 0.3) is 0 Å². The fourth-order valence-corrected chi connectivity index (χ4v) is 3.51. The first kappa shape index (κ1) is 25.6. The molecule has 0 aliphatic carbocycles. The number of carbonyl (C=O) groups is 6. The van der Waals surface area contributed by atoms with Crippen molar-refractivity contribution in [2.75, 3.05) is 0 Å². The second-order valence-electron chi connectivity index (χ2n) is 5.95. The largest absolute Gasteiger partial charge is 0.478 e. The fourth-order valence-electron chi connectivity index (χ4n) is 2.81. The first-order valence-electron chi connectivity index (χ1n) is 8.08. The highest BCUT2D eigenvalue weighted by Gasteiger charge is 2.41. The molecule has 172 valence electrons. The summed E-state index contributed by atoms with van der Waals surface area (Å²) in [4.78, 5) is 72.0. The van der Waals surface area contributed by atoms with E-state index in [1.165, 1.54) is 6.07 Å². The molecule has 0 heterocycles. The molecule has 0 spiro atoms. The van der Waals surface area contributed by atoms with E-state index < -0.39 is 74.9 Å². The van der Waals surface area contributed by atoms with E-state index in [1.54, 1.807) is 0 Å². The van der Waals surface area contributed by atoms with Gasteiger partial charge >= 0.3 is 35.8 Å². The van der Waals surface area contributed by atoms with Crippen LogP contribution in [-0.4, -0.2) is 61.3 Å². The smallest absolute Gasteiger partial charge is 0.345 e. The van der Waals surface area contributed by atoms with Crippen molar-refractivity contribution in [2.45, 2.75) is 14.7 Å². The number of carboxylic acids is 5. The molecule has 12 nitrogen and oxygen atoms in total. The fraction of sp³-hybridized carbons (Fsp3) is 0. The monoisotopic (exact) mass is 514 g/mol. The van der Waals surface area contributed by atoms with Gasteiger partial charge in [-0.15, -0.1) is 37.9 Å². The van der Waals surface area contributed by atoms with Gasteiger partial charge in [-0.05, 0) is 12.1 Å². The van der Waals surface area contributed by atoms with Crippen LogP contribution in [-0.2, 0) is 0 Å². The minimum Gasteiger partial charge on any atom is -0.478 e. The third kappa shape index (κ3) is 4.59. The first-order valence-corrected chi connectivity index (χ1v) is 9.42. The van der Waals surface area contributed by atoms with Crippen LogP contribution in [0.5, 0.6) is 5.75 Å². The molecule has 0 saturated carbocycles. The number of hydrogen-bond acceptors (Lipinski definition) is 10. The van der Waals surface area contributed by atoms with Crippen LogP contribution in [0.15, 0.2) is 26.8 Å². The van der Waals surface area contributed by atoms with Gasteiger partial charge in [0.05, 0.1) is 38.3 Å². The zero-order chi connectivity index (χ0) is 25.4. The Morgan fingerprint density at radius 1 is 0.545 bits per heavy atom. The van der Waals surface area contributed by atoms with E-state index in [9.17, 15) is 54.3 Å². The third-order valence-electron chi connectivity index (χ3n) is 4.07. The molecule has 0 atom stereocenters. The van der Waals surface area contributed by atoms with Gasteiger partial charge in [0.2, 0.25) is 0 Å². The number of aromatic carboxylic acids is 5. The van der Waals surface area contributed by atoms with Gasteiger partial charge in [0, 0.05) is 9.79 Å². The van der Waals surface area contributed by atoms with Gasteiger partial charge in [-0.1, -0.05) is 0 Å². The van der Waals surface area contributed by atoms with Crippen molar-refractivity contribution in [3.63, 3.8) is 0 Å². The lowest BCUT2D eigenvalue weighted by Crippen LogP contribution is -2.29. The average molecular weight is 514 g/mol. The van der Waals surface area contributed by atoms with Gasteiger partial charge < -0.3 is 30.3 Å². The van der Waals surface area contributed by atoms with Crippen molar-refractivity contribution in [1.82, 2.24) is 0 Å². The van der Waals surface area contributed by atoms with Crippen molar-refractivity contribution in [2.24, 2.45) is 0 Å². The van der Waals surface area contributed by atoms with Crippen LogP contribution in [0.2, 0.25) is 0 Å². The predicted octanol–water partition coefficient (Wildman–Crippen LogP) is 2.26. The Hall–Kier alpha value is -3.69. The lowest BCUT2D eigenvalue weighted by atomic mass is 9.86. The Balaban J connectivity index is 3.07. The van der Waals surface area contributed by atoms with Crippen LogP contribution in [0.1, 0.15) is 62.1 Å². The maximum Gasteiger partial charge on any atom is 0.345 e. The van der Waals surface area contributed by atoms with E-state index in [1.807, 2.05) is 0 Å². The summed E-state index contributed by atoms with van der Waals surface area (Å²) >= 11 is 12.2. The van der Waals surface area contributed by atoms with E-state index in [-0.39, 0.29) is 14.7 Å². The molecule has 0 aliphatic heterocycles. The first-order chi connectivity index (χ1) is 15.2. The maximum atomic E-state index is 12.9. The van der Waals surface area contributed by atoms with Crippen molar-refractivity contribution < 1.29 is 59.0 Å². The second kappa shape index (κ2) is 9.43. The number of carbonyl (C=O) groups excluding carboxylic acids is 1. The standard InChI is InChI=1S/C18H10O12S3/c19-13(20)5-6(14(21)22)8(16(25)26)10(9(17(27)28)7(5)15(23)24)18(29)30-3-1-2-4(31)12(33)11(3)32/h1-2,31-33H,(H,19,20)(H,21,22)(H,23,24)(H,25,26)(H,27,28). The SMILES string of the molecule is O=C(O)c1c(C(=O)O)c(C(=O)O)c(C(=O)Oc2ccc(S)c(S)c2S)c(C(=O)O)c1C(=O)O. The minimum atomic E-state index is -2.25. The number of ether oxygens (including phenoxy) is 1. The summed E-state index contributed by atoms with van der Waals surface area (Å²) in [5.41, 5.74) is -9.59. The number of carboxylic acid groups (broad SMARTS) is 5. The number of benzene rings is 2. The highest BCUT2D eigenvalue weighted by molar-refractivity contribution is 7.85. The van der Waals surface area contributed by atoms with E-state index in [0.29, 0.717) is 0 Å². The average Bonchev–Trinajstić information content (AvgIpc) is 2.71. The van der Waals surface area contributed by atoms with Crippen LogP contribution in [0.3, 0.4) is 0 Å². The van der Waals surface area contributed by atoms with Crippen molar-refractivity contribution in [3.05, 3.63) is 45.5 Å². The minimum absolute atomic E-state index is 0.0996. The van der Waals surface area contributed by atoms with Crippen LogP contribution in [0, 0.1) is 0 Å². The number of esters is 1. The molecule has 0 fully saturated rings. The quantitative estimate of drug-likeness (QED) is 0.152. The van der Waals surface area contributed by atoms with Gasteiger partial charge in [0.1, 0.15) is 5.75 Å². The highest BCUT2D eigenvalue weighted by atomic mass is 32.1. The van der Waals surface area contributed by atoms with Crippen LogP contribution < -0.4 is 4.74 Å². The van der Waals surface area contributed by atoms with Gasteiger partial charge in [-0.25, -0.2) is 28.8 Å². The molecule has 0 radical (unpaired) electrons. The summed E-state index contributed by atoms with van der Waals surface area (Å²) in [6.45, 7) is 0. The van der Waals surface area contributed by atoms with Gasteiger partial charge in [0.15, 0.2) is 0 Å². The second-order valence-corrected chi connectivity index (χ2v) is 7.32. The lowest BCUT2D eigenvalue weighted by Gasteiger charge is -2.18. The number of rotatable bonds is 7. The van der Waals surface area contributed by atoms with E-state index >= 15 is 0 Å². The Kier molecular flexibility index (Phi) is 7.31. The summed E-state index contributed by atoms with van der Waals surface area (Å²) in [5, 5.41) is 47.3. The summed E-state index contributed by atoms with van der Waals surface area (Å²) in [6.07, 6.45) is 0. The lowest BCUT2D eigenvalue weighted by molar-refractivity contribution is 0.0597. The van der Waals surface area contributed by atoms with Gasteiger partial charge in [-0.3, -0.25) is 0 Å². The van der Waals surface area contributed by atoms with Crippen molar-refractivity contribution in [3.8, 4) is 5.75 Å². The Labute approximate surface area is 198 Å². The zero-order valence-electron chi connectivity index (χ0n) is 15.6. The van der Waals surface area contributed by atoms with Crippen molar-refractivity contribution >= 4 is 73.7 Å². The summed E-state index contributed by atoms with van der Waals surface area (Å²) in [7, 11) is 0. The van der Waals surface area contributed by atoms with Crippen LogP contribution in [0.25, 0.3) is 0 Å². The maximum absolute atomic E-state index is 12.9. The third-order valence-corrected chi connectivity index (χ3v) is 5.70. The number of thiol groups is 3. The molecule has 0 aliphatic rings. The molecule has 5 N–H and O–H groups in total. The van der Waals surface area contributed by atoms with Crippen LogP contribution in [0.4, 0.5) is 0 Å². The Morgan fingerprint density at radius 3 is 1.21 bits per heavy atom. The molecular formula is C18H10O12S3. The molecule has 33 heavy (non-hydrogen) atoms. The molecular weight excluding hydrogens is 504 g/mol. The van der Waals surface area contributed by atoms with Crippen molar-refractivity contribution in [1.29, 1.82) is 0 Å². The van der Waals surface area contributed by atoms with E-state index in [4.69, 9.17) is 4.74 Å². The van der Waals surface area contributed by atoms with E-state index in [2.05, 4.69) is 37.9 Å². The molecule has 0 amide bonds. The molecule has 0 bridgehead atoms. The Morgan fingerprint density at radius 2 is 0.879 bits per heavy atom. The zero-order valence-corrected chi connectivity index (χ0v) is 18.3. The van der Waals surface area contributed by atoms with Gasteiger partial charge in [-0.2, -0.15) is 0 Å². The topological polar surface area (TPSA) is 213 Å². The Bertz CT molecular complexity index is 1230. The molecule has 0 aromatic heterocycles. The molecule has 2 aromatic carbocycles. The molecule has 2 aromatic rings. The molecule has 15 heteroatoms. The highest BCUT2D eigenvalue weighted by Crippen LogP contribution is 2.35. The predicted molar refractivity (Wildman–Crippen MR) is 114 cm³/mol. The molecule has 2 rings (SSSR count). The number of hydrogen-bond donors (Lipinski definition) is 8. The summed E-state index contributed by atoms with van der Waals surface area (Å²) in [6, 6.07) is 2.40. The van der Waals surface area contributed by atoms with Crippen LogP contribution >= 0.6 is 37.9 Å². The summed E-state index contributed by atoms with van der Waals surface area (Å²) in [5.74, 6) is -13.4. The molecule has 0 unspecified atom stereocenters. The normalized spacial score (nSPS) is 10.4.